The summed E-state index contributed by atoms with van der Waals surface area (Å²) >= 11 is 0. The summed E-state index contributed by atoms with van der Waals surface area (Å²) in [6.07, 6.45) is 19.9. The van der Waals surface area contributed by atoms with Crippen molar-refractivity contribution in [1.82, 2.24) is 0 Å². The van der Waals surface area contributed by atoms with Gasteiger partial charge in [0.2, 0.25) is 0 Å². The first kappa shape index (κ1) is 24.9. The number of rotatable bonds is 20. The Balaban J connectivity index is 3.21. The molecule has 0 rings (SSSR count). The average molecular weight is 371 g/mol. The van der Waals surface area contributed by atoms with Crippen LogP contribution in [-0.2, 0) is 9.59 Å². The summed E-state index contributed by atoms with van der Waals surface area (Å²) in [6, 6.07) is 0. The van der Waals surface area contributed by atoms with Gasteiger partial charge in [-0.15, -0.1) is 0 Å². The van der Waals surface area contributed by atoms with Gasteiger partial charge in [-0.25, -0.2) is 0 Å². The second-order valence-corrected chi connectivity index (χ2v) is 7.74. The minimum absolute atomic E-state index is 0.320. The van der Waals surface area contributed by atoms with E-state index in [2.05, 4.69) is 6.92 Å². The Morgan fingerprint density at radius 3 is 1.35 bits per heavy atom. The molecule has 0 aromatic rings. The van der Waals surface area contributed by atoms with Gasteiger partial charge in [-0.3, -0.25) is 9.59 Å². The SMILES string of the molecule is CCC(CCCCCCCCCCCCCCCC(=O)O)CCC(=O)O. The maximum Gasteiger partial charge on any atom is 0.303 e. The molecule has 0 fully saturated rings. The van der Waals surface area contributed by atoms with Crippen molar-refractivity contribution in [3.63, 3.8) is 0 Å². The Hall–Kier alpha value is -1.06. The molecule has 0 aliphatic carbocycles. The van der Waals surface area contributed by atoms with Crippen LogP contribution in [-0.4, -0.2) is 22.2 Å². The molecule has 0 amide bonds. The molecule has 0 saturated heterocycles. The fourth-order valence-electron chi connectivity index (χ4n) is 3.53. The number of unbranched alkanes of at least 4 members (excludes halogenated alkanes) is 12. The molecule has 0 heterocycles. The highest BCUT2D eigenvalue weighted by molar-refractivity contribution is 5.66. The molecular weight excluding hydrogens is 328 g/mol. The highest BCUT2D eigenvalue weighted by Crippen LogP contribution is 2.20. The van der Waals surface area contributed by atoms with Crippen LogP contribution < -0.4 is 0 Å². The van der Waals surface area contributed by atoms with Crippen LogP contribution in [0.5, 0.6) is 0 Å². The van der Waals surface area contributed by atoms with Crippen molar-refractivity contribution in [3.8, 4) is 0 Å². The molecule has 1 atom stereocenters. The predicted octanol–water partition coefficient (Wildman–Crippen LogP) is 6.81. The Bertz CT molecular complexity index is 341. The standard InChI is InChI=1S/C22H42O4/c1-2-20(18-19-22(25)26)16-14-12-10-8-6-4-3-5-7-9-11-13-15-17-21(23)24/h20H,2-19H2,1H3,(H,23,24)(H,25,26). The first-order valence-corrected chi connectivity index (χ1v) is 11.0. The average Bonchev–Trinajstić information content (AvgIpc) is 2.60. The fraction of sp³-hybridized carbons (Fsp3) is 0.909. The third kappa shape index (κ3) is 19.3. The first-order valence-electron chi connectivity index (χ1n) is 11.0. The smallest absolute Gasteiger partial charge is 0.303 e. The molecule has 0 saturated carbocycles. The second kappa shape index (κ2) is 18.7. The van der Waals surface area contributed by atoms with Gasteiger partial charge in [0.25, 0.3) is 0 Å². The Morgan fingerprint density at radius 1 is 0.577 bits per heavy atom. The van der Waals surface area contributed by atoms with Crippen molar-refractivity contribution in [3.05, 3.63) is 0 Å². The largest absolute Gasteiger partial charge is 0.481 e. The third-order valence-electron chi connectivity index (χ3n) is 5.35. The highest BCUT2D eigenvalue weighted by atomic mass is 16.4. The molecule has 0 aliphatic heterocycles. The molecule has 0 aliphatic rings. The molecule has 4 nitrogen and oxygen atoms in total. The predicted molar refractivity (Wildman–Crippen MR) is 108 cm³/mol. The van der Waals surface area contributed by atoms with Crippen LogP contribution in [0.25, 0.3) is 0 Å². The van der Waals surface area contributed by atoms with E-state index in [1.807, 2.05) is 0 Å². The van der Waals surface area contributed by atoms with E-state index in [-0.39, 0.29) is 0 Å². The summed E-state index contributed by atoms with van der Waals surface area (Å²) in [5.41, 5.74) is 0. The quantitative estimate of drug-likeness (QED) is 0.231. The van der Waals surface area contributed by atoms with E-state index in [0.29, 0.717) is 18.8 Å². The van der Waals surface area contributed by atoms with Crippen molar-refractivity contribution in [2.75, 3.05) is 0 Å². The lowest BCUT2D eigenvalue weighted by atomic mass is 9.93. The lowest BCUT2D eigenvalue weighted by Crippen LogP contribution is -2.03. The summed E-state index contributed by atoms with van der Waals surface area (Å²) in [5, 5.41) is 17.3. The number of carboxylic acid groups (broad SMARTS) is 2. The number of carboxylic acids is 2. The van der Waals surface area contributed by atoms with Gasteiger partial charge in [-0.1, -0.05) is 96.8 Å². The van der Waals surface area contributed by atoms with Crippen LogP contribution in [0.1, 0.15) is 122 Å². The minimum atomic E-state index is -0.673. The molecule has 2 N–H and O–H groups in total. The molecule has 0 spiro atoms. The van der Waals surface area contributed by atoms with Crippen LogP contribution in [0.3, 0.4) is 0 Å². The highest BCUT2D eigenvalue weighted by Gasteiger charge is 2.08. The van der Waals surface area contributed by atoms with Crippen LogP contribution in [0.4, 0.5) is 0 Å². The van der Waals surface area contributed by atoms with Crippen LogP contribution in [0.2, 0.25) is 0 Å². The lowest BCUT2D eigenvalue weighted by Gasteiger charge is -2.13. The molecule has 26 heavy (non-hydrogen) atoms. The summed E-state index contributed by atoms with van der Waals surface area (Å²) in [6.45, 7) is 2.17. The Morgan fingerprint density at radius 2 is 0.962 bits per heavy atom. The van der Waals surface area contributed by atoms with E-state index in [1.54, 1.807) is 0 Å². The van der Waals surface area contributed by atoms with Crippen LogP contribution in [0, 0.1) is 5.92 Å². The van der Waals surface area contributed by atoms with Gasteiger partial charge >= 0.3 is 11.9 Å². The van der Waals surface area contributed by atoms with Crippen molar-refractivity contribution in [1.29, 1.82) is 0 Å². The van der Waals surface area contributed by atoms with E-state index in [9.17, 15) is 9.59 Å². The van der Waals surface area contributed by atoms with Gasteiger partial charge in [-0.2, -0.15) is 0 Å². The van der Waals surface area contributed by atoms with Crippen LogP contribution >= 0.6 is 0 Å². The van der Waals surface area contributed by atoms with E-state index in [4.69, 9.17) is 10.2 Å². The molecule has 0 aromatic heterocycles. The summed E-state index contributed by atoms with van der Waals surface area (Å²) in [7, 11) is 0. The van der Waals surface area contributed by atoms with Crippen molar-refractivity contribution in [2.45, 2.75) is 122 Å². The van der Waals surface area contributed by atoms with Gasteiger partial charge in [-0.05, 0) is 18.8 Å². The first-order chi connectivity index (χ1) is 12.6. The maximum absolute atomic E-state index is 10.6. The number of hydrogen-bond acceptors (Lipinski definition) is 2. The monoisotopic (exact) mass is 370 g/mol. The molecule has 0 radical (unpaired) electrons. The van der Waals surface area contributed by atoms with E-state index in [1.165, 1.54) is 77.0 Å². The topological polar surface area (TPSA) is 74.6 Å². The van der Waals surface area contributed by atoms with Gasteiger partial charge in [0.05, 0.1) is 0 Å². The van der Waals surface area contributed by atoms with Crippen molar-refractivity contribution >= 4 is 11.9 Å². The molecule has 154 valence electrons. The molecule has 0 bridgehead atoms. The molecule has 4 heteroatoms. The number of carbonyl (C=O) groups is 2. The normalized spacial score (nSPS) is 12.2. The maximum atomic E-state index is 10.6. The van der Waals surface area contributed by atoms with Gasteiger partial charge in [0.15, 0.2) is 0 Å². The van der Waals surface area contributed by atoms with Crippen molar-refractivity contribution in [2.24, 2.45) is 5.92 Å². The zero-order valence-electron chi connectivity index (χ0n) is 17.0. The van der Waals surface area contributed by atoms with Gasteiger partial charge < -0.3 is 10.2 Å². The van der Waals surface area contributed by atoms with E-state index in [0.717, 1.165) is 25.7 Å². The van der Waals surface area contributed by atoms with Crippen molar-refractivity contribution < 1.29 is 19.8 Å². The minimum Gasteiger partial charge on any atom is -0.481 e. The number of hydrogen-bond donors (Lipinski definition) is 2. The summed E-state index contributed by atoms with van der Waals surface area (Å²) < 4.78 is 0. The lowest BCUT2D eigenvalue weighted by molar-refractivity contribution is -0.138. The molecular formula is C22H42O4. The molecule has 1 unspecified atom stereocenters. The van der Waals surface area contributed by atoms with Crippen LogP contribution in [0.15, 0.2) is 0 Å². The van der Waals surface area contributed by atoms with Gasteiger partial charge in [0.1, 0.15) is 0 Å². The zero-order chi connectivity index (χ0) is 19.5. The Kier molecular flexibility index (Phi) is 18.0. The third-order valence-corrected chi connectivity index (χ3v) is 5.35. The van der Waals surface area contributed by atoms with E-state index < -0.39 is 11.9 Å². The summed E-state index contributed by atoms with van der Waals surface area (Å²) in [4.78, 5) is 21.0. The van der Waals surface area contributed by atoms with Gasteiger partial charge in [0, 0.05) is 12.8 Å². The number of aliphatic carboxylic acids is 2. The second-order valence-electron chi connectivity index (χ2n) is 7.74. The summed E-state index contributed by atoms with van der Waals surface area (Å²) in [5.74, 6) is -0.745. The fourth-order valence-corrected chi connectivity index (χ4v) is 3.53. The molecule has 0 aromatic carbocycles. The van der Waals surface area contributed by atoms with E-state index >= 15 is 0 Å². The Labute approximate surface area is 160 Å². The zero-order valence-corrected chi connectivity index (χ0v) is 17.0.